The first-order valence-electron chi connectivity index (χ1n) is 8.11. The molecule has 6 nitrogen and oxygen atoms in total. The molecule has 0 fully saturated rings. The fourth-order valence-electron chi connectivity index (χ4n) is 3.21. The molecule has 2 amide bonds. The van der Waals surface area contributed by atoms with Crippen molar-refractivity contribution in [3.8, 4) is 0 Å². The van der Waals surface area contributed by atoms with Crippen LogP contribution in [0.15, 0.2) is 30.6 Å². The van der Waals surface area contributed by atoms with Gasteiger partial charge in [-0.1, -0.05) is 23.2 Å². The maximum absolute atomic E-state index is 12.6. The number of thiophene rings is 1. The van der Waals surface area contributed by atoms with Crippen molar-refractivity contribution >= 4 is 68.5 Å². The maximum Gasteiger partial charge on any atom is 0.259 e. The molecule has 0 radical (unpaired) electrons. The highest BCUT2D eigenvalue weighted by atomic mass is 35.5. The number of carbonyl (C=O) groups excluding carboxylic acids is 2. The molecular weight excluding hydrogens is 409 g/mol. The number of fused-ring (bicyclic) bond motifs is 1. The first-order chi connectivity index (χ1) is 13.0. The van der Waals surface area contributed by atoms with Crippen molar-refractivity contribution in [3.63, 3.8) is 0 Å². The first-order valence-corrected chi connectivity index (χ1v) is 9.68. The van der Waals surface area contributed by atoms with E-state index in [0.717, 1.165) is 16.7 Å². The second-order valence-electron chi connectivity index (χ2n) is 5.96. The number of aliphatic hydroxyl groups excluding tert-OH is 1. The van der Waals surface area contributed by atoms with Crippen LogP contribution in [-0.4, -0.2) is 33.1 Å². The summed E-state index contributed by atoms with van der Waals surface area (Å²) in [5.41, 5.74) is 2.16. The quantitative estimate of drug-likeness (QED) is 0.618. The van der Waals surface area contributed by atoms with Gasteiger partial charge >= 0.3 is 0 Å². The van der Waals surface area contributed by atoms with Crippen molar-refractivity contribution in [2.45, 2.75) is 13.0 Å². The van der Waals surface area contributed by atoms with Gasteiger partial charge in [-0.3, -0.25) is 14.9 Å². The Morgan fingerprint density at radius 3 is 2.59 bits per heavy atom. The number of aromatic nitrogens is 2. The lowest BCUT2D eigenvalue weighted by Crippen LogP contribution is -2.22. The number of nitrogens with one attached hydrogen (secondary N) is 1. The van der Waals surface area contributed by atoms with E-state index in [1.165, 1.54) is 0 Å². The monoisotopic (exact) mass is 421 g/mol. The van der Waals surface area contributed by atoms with Gasteiger partial charge in [-0.05, 0) is 24.6 Å². The molecule has 0 bridgehead atoms. The molecule has 3 aromatic rings. The summed E-state index contributed by atoms with van der Waals surface area (Å²) < 4.78 is 2.64. The molecule has 0 saturated carbocycles. The van der Waals surface area contributed by atoms with Crippen LogP contribution >= 0.6 is 34.5 Å². The number of imide groups is 1. The SMILES string of the molecule is O=C1NC(=O)C(c2cn(CCCO)c3ncccc23)=C1c1cc(Cl)sc1Cl. The summed E-state index contributed by atoms with van der Waals surface area (Å²) in [6.07, 6.45) is 3.98. The van der Waals surface area contributed by atoms with Gasteiger partial charge in [-0.25, -0.2) is 4.98 Å². The first kappa shape index (κ1) is 18.2. The van der Waals surface area contributed by atoms with Gasteiger partial charge in [0.2, 0.25) is 0 Å². The van der Waals surface area contributed by atoms with Gasteiger partial charge in [0.15, 0.2) is 0 Å². The number of nitrogens with zero attached hydrogens (tertiary/aromatic N) is 2. The predicted molar refractivity (Wildman–Crippen MR) is 106 cm³/mol. The molecule has 0 unspecified atom stereocenters. The standard InChI is InChI=1S/C18H13Cl2N3O3S/c19-12-7-10(15(20)27-12)13-14(18(26)22-17(13)25)11-8-23(5-2-6-24)16-9(11)3-1-4-21-16/h1,3-4,7-8,24H,2,5-6H2,(H,22,25,26). The fraction of sp³-hybridized carbons (Fsp3) is 0.167. The Morgan fingerprint density at radius 2 is 1.93 bits per heavy atom. The number of pyridine rings is 1. The summed E-state index contributed by atoms with van der Waals surface area (Å²) in [4.78, 5) is 29.5. The van der Waals surface area contributed by atoms with E-state index in [-0.39, 0.29) is 17.8 Å². The normalized spacial score (nSPS) is 14.5. The molecule has 0 atom stereocenters. The van der Waals surface area contributed by atoms with Crippen LogP contribution in [0.2, 0.25) is 8.67 Å². The molecule has 4 rings (SSSR count). The van der Waals surface area contributed by atoms with Gasteiger partial charge in [0.05, 0.1) is 15.5 Å². The Hall–Kier alpha value is -2.19. The molecule has 1 aliphatic heterocycles. The zero-order valence-electron chi connectivity index (χ0n) is 13.8. The topological polar surface area (TPSA) is 84.2 Å². The van der Waals surface area contributed by atoms with Gasteiger partial charge < -0.3 is 9.67 Å². The van der Waals surface area contributed by atoms with Crippen LogP contribution in [0.1, 0.15) is 17.5 Å². The molecule has 3 aromatic heterocycles. The Balaban J connectivity index is 1.99. The number of hydrogen-bond acceptors (Lipinski definition) is 5. The highest BCUT2D eigenvalue weighted by Crippen LogP contribution is 2.41. The lowest BCUT2D eigenvalue weighted by atomic mass is 9.98. The zero-order chi connectivity index (χ0) is 19.1. The van der Waals surface area contributed by atoms with Crippen LogP contribution in [-0.2, 0) is 16.1 Å². The Labute approximate surface area is 168 Å². The molecule has 0 spiro atoms. The molecule has 4 heterocycles. The summed E-state index contributed by atoms with van der Waals surface area (Å²) in [6, 6.07) is 5.20. The van der Waals surface area contributed by atoms with E-state index < -0.39 is 11.8 Å². The molecule has 0 aliphatic carbocycles. The Kier molecular flexibility index (Phi) is 4.77. The number of halogens is 2. The Morgan fingerprint density at radius 1 is 1.19 bits per heavy atom. The van der Waals surface area contributed by atoms with E-state index in [4.69, 9.17) is 28.3 Å². The smallest absolute Gasteiger partial charge is 0.259 e. The summed E-state index contributed by atoms with van der Waals surface area (Å²) >= 11 is 13.4. The number of hydrogen-bond donors (Lipinski definition) is 2. The molecule has 0 saturated heterocycles. The average molecular weight is 422 g/mol. The summed E-state index contributed by atoms with van der Waals surface area (Å²) in [6.45, 7) is 0.574. The number of aliphatic hydroxyl groups is 1. The van der Waals surface area contributed by atoms with Crippen LogP contribution in [0, 0.1) is 0 Å². The largest absolute Gasteiger partial charge is 0.396 e. The second kappa shape index (κ2) is 7.09. The highest BCUT2D eigenvalue weighted by Gasteiger charge is 2.35. The minimum Gasteiger partial charge on any atom is -0.396 e. The number of carbonyl (C=O) groups is 2. The molecule has 27 heavy (non-hydrogen) atoms. The third-order valence-electron chi connectivity index (χ3n) is 4.32. The average Bonchev–Trinajstić information content (AvgIpc) is 3.25. The molecule has 0 aromatic carbocycles. The van der Waals surface area contributed by atoms with Crippen molar-refractivity contribution in [2.24, 2.45) is 0 Å². The third kappa shape index (κ3) is 3.06. The molecule has 138 valence electrons. The van der Waals surface area contributed by atoms with Gasteiger partial charge in [-0.2, -0.15) is 0 Å². The van der Waals surface area contributed by atoms with E-state index in [1.54, 1.807) is 24.5 Å². The van der Waals surface area contributed by atoms with Crippen LogP contribution in [0.4, 0.5) is 0 Å². The second-order valence-corrected chi connectivity index (χ2v) is 8.24. The zero-order valence-corrected chi connectivity index (χ0v) is 16.2. The van der Waals surface area contributed by atoms with Crippen molar-refractivity contribution in [1.29, 1.82) is 0 Å². The number of amides is 2. The van der Waals surface area contributed by atoms with E-state index in [2.05, 4.69) is 10.3 Å². The van der Waals surface area contributed by atoms with Gasteiger partial charge in [-0.15, -0.1) is 11.3 Å². The van der Waals surface area contributed by atoms with Crippen LogP contribution in [0.3, 0.4) is 0 Å². The van der Waals surface area contributed by atoms with Gasteiger partial charge in [0.25, 0.3) is 11.8 Å². The highest BCUT2D eigenvalue weighted by molar-refractivity contribution is 7.20. The van der Waals surface area contributed by atoms with Crippen molar-refractivity contribution in [2.75, 3.05) is 6.61 Å². The fourth-order valence-corrected chi connectivity index (χ4v) is 4.69. The summed E-state index contributed by atoms with van der Waals surface area (Å²) in [5.74, 6) is -0.995. The van der Waals surface area contributed by atoms with E-state index in [1.807, 2.05) is 10.6 Å². The summed E-state index contributed by atoms with van der Waals surface area (Å²) in [5, 5.41) is 12.2. The minimum absolute atomic E-state index is 0.0395. The Bertz CT molecular complexity index is 1120. The summed E-state index contributed by atoms with van der Waals surface area (Å²) in [7, 11) is 0. The lowest BCUT2D eigenvalue weighted by molar-refractivity contribution is -0.122. The van der Waals surface area contributed by atoms with E-state index >= 15 is 0 Å². The lowest BCUT2D eigenvalue weighted by Gasteiger charge is -2.02. The predicted octanol–water partition coefficient (Wildman–Crippen LogP) is 3.35. The van der Waals surface area contributed by atoms with Crippen LogP contribution in [0.25, 0.3) is 22.2 Å². The molecule has 9 heteroatoms. The van der Waals surface area contributed by atoms with E-state index in [0.29, 0.717) is 38.4 Å². The van der Waals surface area contributed by atoms with Crippen LogP contribution in [0.5, 0.6) is 0 Å². The third-order valence-corrected chi connectivity index (χ3v) is 5.81. The van der Waals surface area contributed by atoms with Crippen LogP contribution < -0.4 is 5.32 Å². The molecule has 2 N–H and O–H groups in total. The van der Waals surface area contributed by atoms with Crippen molar-refractivity contribution < 1.29 is 14.7 Å². The van der Waals surface area contributed by atoms with Gasteiger partial charge in [0.1, 0.15) is 9.98 Å². The van der Waals surface area contributed by atoms with Crippen molar-refractivity contribution in [3.05, 3.63) is 50.4 Å². The number of rotatable bonds is 5. The maximum atomic E-state index is 12.6. The van der Waals surface area contributed by atoms with Crippen molar-refractivity contribution in [1.82, 2.24) is 14.9 Å². The molecule has 1 aliphatic rings. The number of aryl methyl sites for hydroxylation is 1. The molecular formula is C18H13Cl2N3O3S. The van der Waals surface area contributed by atoms with Gasteiger partial charge in [0, 0.05) is 42.1 Å². The van der Waals surface area contributed by atoms with E-state index in [9.17, 15) is 9.59 Å². The minimum atomic E-state index is -0.508.